The number of rotatable bonds is 4. The summed E-state index contributed by atoms with van der Waals surface area (Å²) in [5, 5.41) is 0. The molecule has 0 saturated heterocycles. The number of benzene rings is 2. The van der Waals surface area contributed by atoms with Crippen LogP contribution in [0.4, 0.5) is 5.69 Å². The highest BCUT2D eigenvalue weighted by Gasteiger charge is 2.19. The minimum absolute atomic E-state index is 0.0970. The maximum atomic E-state index is 12.4. The van der Waals surface area contributed by atoms with E-state index in [9.17, 15) is 8.42 Å². The van der Waals surface area contributed by atoms with Gasteiger partial charge in [0.15, 0.2) is 9.84 Å². The summed E-state index contributed by atoms with van der Waals surface area (Å²) in [7, 11) is -2.03. The summed E-state index contributed by atoms with van der Waals surface area (Å²) in [6, 6.07) is 11.8. The lowest BCUT2D eigenvalue weighted by Gasteiger charge is -2.09. The number of hydrogen-bond donors (Lipinski definition) is 1. The van der Waals surface area contributed by atoms with Gasteiger partial charge >= 0.3 is 0 Å². The first-order chi connectivity index (χ1) is 9.42. The van der Waals surface area contributed by atoms with E-state index in [2.05, 4.69) is 15.9 Å². The minimum Gasteiger partial charge on any atom is -0.497 e. The van der Waals surface area contributed by atoms with Crippen molar-refractivity contribution in [3.8, 4) is 5.75 Å². The van der Waals surface area contributed by atoms with E-state index >= 15 is 0 Å². The first-order valence-electron chi connectivity index (χ1n) is 5.83. The zero-order chi connectivity index (χ0) is 14.8. The molecule has 4 nitrogen and oxygen atoms in total. The van der Waals surface area contributed by atoms with Crippen molar-refractivity contribution >= 4 is 31.5 Å². The molecule has 2 rings (SSSR count). The van der Waals surface area contributed by atoms with E-state index in [-0.39, 0.29) is 16.3 Å². The molecule has 2 N–H and O–H groups in total. The molecule has 2 aromatic rings. The number of sulfone groups is 1. The molecule has 6 heteroatoms. The van der Waals surface area contributed by atoms with Crippen LogP contribution in [0.2, 0.25) is 0 Å². The van der Waals surface area contributed by atoms with Gasteiger partial charge in [-0.15, -0.1) is 0 Å². The molecule has 0 radical (unpaired) electrons. The molecule has 0 fully saturated rings. The summed E-state index contributed by atoms with van der Waals surface area (Å²) in [6.07, 6.45) is 0. The van der Waals surface area contributed by atoms with E-state index in [0.29, 0.717) is 11.3 Å². The molecular formula is C14H14BrNO3S. The van der Waals surface area contributed by atoms with Gasteiger partial charge in [-0.2, -0.15) is 0 Å². The second-order valence-electron chi connectivity index (χ2n) is 4.29. The second-order valence-corrected chi connectivity index (χ2v) is 7.16. The van der Waals surface area contributed by atoms with Gasteiger partial charge in [-0.3, -0.25) is 0 Å². The van der Waals surface area contributed by atoms with Crippen LogP contribution in [0.5, 0.6) is 5.75 Å². The Hall–Kier alpha value is -1.53. The molecule has 0 bridgehead atoms. The van der Waals surface area contributed by atoms with Crippen molar-refractivity contribution in [2.24, 2.45) is 0 Å². The van der Waals surface area contributed by atoms with Crippen LogP contribution in [0.1, 0.15) is 5.56 Å². The van der Waals surface area contributed by atoms with Gasteiger partial charge < -0.3 is 10.5 Å². The first-order valence-corrected chi connectivity index (χ1v) is 8.27. The van der Waals surface area contributed by atoms with Crippen LogP contribution in [0.15, 0.2) is 51.8 Å². The lowest BCUT2D eigenvalue weighted by molar-refractivity contribution is 0.413. The Labute approximate surface area is 126 Å². The maximum absolute atomic E-state index is 12.4. The third-order valence-electron chi connectivity index (χ3n) is 2.83. The number of halogens is 1. The Bertz CT molecular complexity index is 712. The molecule has 0 atom stereocenters. The van der Waals surface area contributed by atoms with E-state index in [4.69, 9.17) is 10.5 Å². The van der Waals surface area contributed by atoms with Crippen molar-refractivity contribution in [2.45, 2.75) is 10.6 Å². The quantitative estimate of drug-likeness (QED) is 0.855. The summed E-state index contributed by atoms with van der Waals surface area (Å²) in [5.74, 6) is 0.367. The normalized spacial score (nSPS) is 11.3. The van der Waals surface area contributed by atoms with Crippen LogP contribution in [-0.4, -0.2) is 15.5 Å². The van der Waals surface area contributed by atoms with Gasteiger partial charge in [0, 0.05) is 10.5 Å². The van der Waals surface area contributed by atoms with Crippen molar-refractivity contribution in [3.05, 3.63) is 52.5 Å². The molecular weight excluding hydrogens is 342 g/mol. The molecule has 0 saturated carbocycles. The Morgan fingerprint density at radius 3 is 2.40 bits per heavy atom. The van der Waals surface area contributed by atoms with E-state index < -0.39 is 9.84 Å². The Kier molecular flexibility index (Phi) is 4.35. The predicted molar refractivity (Wildman–Crippen MR) is 82.4 cm³/mol. The van der Waals surface area contributed by atoms with Crippen molar-refractivity contribution in [3.63, 3.8) is 0 Å². The van der Waals surface area contributed by atoms with Crippen molar-refractivity contribution < 1.29 is 13.2 Å². The topological polar surface area (TPSA) is 69.4 Å². The summed E-state index contributed by atoms with van der Waals surface area (Å²) in [6.45, 7) is 0. The molecule has 0 amide bonds. The fraction of sp³-hybridized carbons (Fsp3) is 0.143. The highest BCUT2D eigenvalue weighted by Crippen LogP contribution is 2.27. The third kappa shape index (κ3) is 3.32. The molecule has 0 aromatic heterocycles. The molecule has 0 aliphatic rings. The maximum Gasteiger partial charge on any atom is 0.184 e. The Morgan fingerprint density at radius 2 is 1.80 bits per heavy atom. The van der Waals surface area contributed by atoms with Crippen LogP contribution >= 0.6 is 15.9 Å². The van der Waals surface area contributed by atoms with Gasteiger partial charge in [-0.1, -0.05) is 28.1 Å². The van der Waals surface area contributed by atoms with E-state index in [1.165, 1.54) is 19.2 Å². The van der Waals surface area contributed by atoms with Gasteiger partial charge in [0.1, 0.15) is 5.75 Å². The van der Waals surface area contributed by atoms with Crippen LogP contribution in [0, 0.1) is 0 Å². The van der Waals surface area contributed by atoms with Crippen LogP contribution in [-0.2, 0) is 15.6 Å². The first kappa shape index (κ1) is 14.9. The van der Waals surface area contributed by atoms with Gasteiger partial charge in [0.25, 0.3) is 0 Å². The zero-order valence-corrected chi connectivity index (χ0v) is 13.2. The number of nitrogen functional groups attached to an aromatic ring is 1. The fourth-order valence-electron chi connectivity index (χ4n) is 1.79. The highest BCUT2D eigenvalue weighted by atomic mass is 79.9. The van der Waals surface area contributed by atoms with Crippen LogP contribution in [0.25, 0.3) is 0 Å². The van der Waals surface area contributed by atoms with Crippen molar-refractivity contribution in [1.82, 2.24) is 0 Å². The van der Waals surface area contributed by atoms with E-state index in [0.717, 1.165) is 4.47 Å². The molecule has 0 aliphatic carbocycles. The average molecular weight is 356 g/mol. The molecule has 106 valence electrons. The van der Waals surface area contributed by atoms with Gasteiger partial charge in [-0.25, -0.2) is 8.42 Å². The summed E-state index contributed by atoms with van der Waals surface area (Å²) in [4.78, 5) is 0.0970. The summed E-state index contributed by atoms with van der Waals surface area (Å²) in [5.41, 5.74) is 6.69. The molecule has 2 aromatic carbocycles. The number of ether oxygens (including phenoxy) is 1. The monoisotopic (exact) mass is 355 g/mol. The second kappa shape index (κ2) is 5.85. The summed E-state index contributed by atoms with van der Waals surface area (Å²) >= 11 is 3.31. The molecule has 0 heterocycles. The average Bonchev–Trinajstić information content (AvgIpc) is 2.41. The number of methoxy groups -OCH3 is 1. The van der Waals surface area contributed by atoms with Gasteiger partial charge in [-0.05, 0) is 29.8 Å². The van der Waals surface area contributed by atoms with E-state index in [1.807, 2.05) is 0 Å². The molecule has 0 spiro atoms. The number of anilines is 1. The minimum atomic E-state index is -3.51. The standard InChI is InChI=1S/C14H14BrNO3S/c1-19-12-6-7-13(16)14(8-12)20(17,18)9-10-2-4-11(15)5-3-10/h2-8H,9,16H2,1H3. The molecule has 0 aliphatic heterocycles. The lowest BCUT2D eigenvalue weighted by Crippen LogP contribution is -2.08. The smallest absolute Gasteiger partial charge is 0.184 e. The van der Waals surface area contributed by atoms with Crippen LogP contribution in [0.3, 0.4) is 0 Å². The van der Waals surface area contributed by atoms with E-state index in [1.54, 1.807) is 30.3 Å². The predicted octanol–water partition coefficient (Wildman–Crippen LogP) is 3.01. The molecule has 0 unspecified atom stereocenters. The number of hydrogen-bond acceptors (Lipinski definition) is 4. The highest BCUT2D eigenvalue weighted by molar-refractivity contribution is 9.10. The van der Waals surface area contributed by atoms with Crippen LogP contribution < -0.4 is 10.5 Å². The SMILES string of the molecule is COc1ccc(N)c(S(=O)(=O)Cc2ccc(Br)cc2)c1. The summed E-state index contributed by atoms with van der Waals surface area (Å²) < 4.78 is 30.8. The number of nitrogens with two attached hydrogens (primary N) is 1. The Balaban J connectivity index is 2.37. The van der Waals surface area contributed by atoms with Gasteiger partial charge in [0.05, 0.1) is 23.4 Å². The molecule has 20 heavy (non-hydrogen) atoms. The van der Waals surface area contributed by atoms with Gasteiger partial charge in [0.2, 0.25) is 0 Å². The largest absolute Gasteiger partial charge is 0.497 e. The van der Waals surface area contributed by atoms with Crippen molar-refractivity contribution in [2.75, 3.05) is 12.8 Å². The fourth-order valence-corrected chi connectivity index (χ4v) is 3.56. The van der Waals surface area contributed by atoms with Crippen molar-refractivity contribution in [1.29, 1.82) is 0 Å². The Morgan fingerprint density at radius 1 is 1.15 bits per heavy atom. The third-order valence-corrected chi connectivity index (χ3v) is 5.09. The zero-order valence-electron chi connectivity index (χ0n) is 10.8. The lowest BCUT2D eigenvalue weighted by atomic mass is 10.2.